The van der Waals surface area contributed by atoms with Gasteiger partial charge in [-0.3, -0.25) is 4.79 Å². The van der Waals surface area contributed by atoms with Crippen molar-refractivity contribution in [1.82, 2.24) is 15.2 Å². The van der Waals surface area contributed by atoms with Crippen LogP contribution in [-0.4, -0.2) is 21.1 Å². The van der Waals surface area contributed by atoms with E-state index >= 15 is 0 Å². The maximum absolute atomic E-state index is 11.9. The summed E-state index contributed by atoms with van der Waals surface area (Å²) in [6.07, 6.45) is 2.80. The third-order valence-corrected chi connectivity index (χ3v) is 2.69. The topological polar surface area (TPSA) is 67.8 Å². The SMILES string of the molecule is Cc1cc(Cl)nc(Cl)c1NC(=O)c1ccnnc1. The average Bonchev–Trinajstić information content (AvgIpc) is 2.34. The molecule has 0 aromatic carbocycles. The number of hydrogen-bond donors (Lipinski definition) is 1. The molecule has 7 heteroatoms. The molecule has 1 N–H and O–H groups in total. The first kappa shape index (κ1) is 12.7. The number of pyridine rings is 1. The highest BCUT2D eigenvalue weighted by molar-refractivity contribution is 6.35. The summed E-state index contributed by atoms with van der Waals surface area (Å²) < 4.78 is 0. The molecule has 0 atom stereocenters. The molecule has 0 radical (unpaired) electrons. The van der Waals surface area contributed by atoms with Crippen LogP contribution in [0.15, 0.2) is 24.5 Å². The van der Waals surface area contributed by atoms with Crippen LogP contribution in [0.3, 0.4) is 0 Å². The zero-order valence-electron chi connectivity index (χ0n) is 9.32. The van der Waals surface area contributed by atoms with Crippen molar-refractivity contribution >= 4 is 34.8 Å². The van der Waals surface area contributed by atoms with Gasteiger partial charge in [-0.2, -0.15) is 10.2 Å². The maximum atomic E-state index is 11.9. The molecule has 0 fully saturated rings. The van der Waals surface area contributed by atoms with Crippen molar-refractivity contribution in [2.24, 2.45) is 0 Å². The van der Waals surface area contributed by atoms with Crippen molar-refractivity contribution in [3.05, 3.63) is 46.0 Å². The number of hydrogen-bond acceptors (Lipinski definition) is 4. The second-order valence-corrected chi connectivity index (χ2v) is 4.26. The van der Waals surface area contributed by atoms with E-state index in [1.807, 2.05) is 0 Å². The fourth-order valence-corrected chi connectivity index (χ4v) is 1.94. The average molecular weight is 283 g/mol. The number of nitrogens with zero attached hydrogens (tertiary/aromatic N) is 3. The lowest BCUT2D eigenvalue weighted by molar-refractivity contribution is 0.102. The van der Waals surface area contributed by atoms with Crippen molar-refractivity contribution in [2.45, 2.75) is 6.92 Å². The van der Waals surface area contributed by atoms with E-state index in [1.165, 1.54) is 12.4 Å². The zero-order valence-corrected chi connectivity index (χ0v) is 10.8. The Bertz CT molecular complexity index is 566. The van der Waals surface area contributed by atoms with Crippen LogP contribution in [0.2, 0.25) is 10.3 Å². The van der Waals surface area contributed by atoms with Gasteiger partial charge in [0.05, 0.1) is 23.6 Å². The Morgan fingerprint density at radius 3 is 2.72 bits per heavy atom. The number of aromatic nitrogens is 3. The summed E-state index contributed by atoms with van der Waals surface area (Å²) in [7, 11) is 0. The Morgan fingerprint density at radius 1 is 1.33 bits per heavy atom. The largest absolute Gasteiger partial charge is 0.319 e. The molecule has 1 amide bonds. The van der Waals surface area contributed by atoms with Gasteiger partial charge in [-0.25, -0.2) is 4.98 Å². The minimum Gasteiger partial charge on any atom is -0.319 e. The number of halogens is 2. The third kappa shape index (κ3) is 2.75. The van der Waals surface area contributed by atoms with Crippen molar-refractivity contribution < 1.29 is 4.79 Å². The van der Waals surface area contributed by atoms with E-state index in [1.54, 1.807) is 19.1 Å². The molecule has 0 aliphatic rings. The van der Waals surface area contributed by atoms with Gasteiger partial charge in [0.1, 0.15) is 5.15 Å². The fraction of sp³-hybridized carbons (Fsp3) is 0.0909. The smallest absolute Gasteiger partial charge is 0.257 e. The number of aryl methyl sites for hydroxylation is 1. The highest BCUT2D eigenvalue weighted by Crippen LogP contribution is 2.26. The molecule has 0 unspecified atom stereocenters. The lowest BCUT2D eigenvalue weighted by Gasteiger charge is -2.09. The van der Waals surface area contributed by atoms with E-state index in [4.69, 9.17) is 23.2 Å². The molecule has 5 nitrogen and oxygen atoms in total. The van der Waals surface area contributed by atoms with Gasteiger partial charge in [0.2, 0.25) is 0 Å². The van der Waals surface area contributed by atoms with E-state index in [-0.39, 0.29) is 16.2 Å². The van der Waals surface area contributed by atoms with Gasteiger partial charge in [0.25, 0.3) is 5.91 Å². The van der Waals surface area contributed by atoms with Gasteiger partial charge in [-0.1, -0.05) is 23.2 Å². The van der Waals surface area contributed by atoms with Gasteiger partial charge in [-0.05, 0) is 24.6 Å². The van der Waals surface area contributed by atoms with Crippen LogP contribution < -0.4 is 5.32 Å². The Hall–Kier alpha value is -1.72. The Kier molecular flexibility index (Phi) is 3.74. The number of carbonyl (C=O) groups is 1. The molecule has 18 heavy (non-hydrogen) atoms. The predicted molar refractivity (Wildman–Crippen MR) is 69.0 cm³/mol. The summed E-state index contributed by atoms with van der Waals surface area (Å²) in [4.78, 5) is 15.8. The first-order chi connectivity index (χ1) is 8.58. The lowest BCUT2D eigenvalue weighted by atomic mass is 10.2. The van der Waals surface area contributed by atoms with Gasteiger partial charge in [-0.15, -0.1) is 0 Å². The minimum absolute atomic E-state index is 0.148. The van der Waals surface area contributed by atoms with Crippen LogP contribution in [0.4, 0.5) is 5.69 Å². The first-order valence-corrected chi connectivity index (χ1v) is 5.74. The fourth-order valence-electron chi connectivity index (χ4n) is 1.36. The Balaban J connectivity index is 2.28. The highest BCUT2D eigenvalue weighted by Gasteiger charge is 2.12. The molecule has 2 aromatic rings. The van der Waals surface area contributed by atoms with Crippen molar-refractivity contribution in [3.63, 3.8) is 0 Å². The van der Waals surface area contributed by atoms with E-state index < -0.39 is 0 Å². The molecule has 0 saturated heterocycles. The second-order valence-electron chi connectivity index (χ2n) is 3.51. The minimum atomic E-state index is -0.334. The summed E-state index contributed by atoms with van der Waals surface area (Å²) in [5.41, 5.74) is 1.55. The number of carbonyl (C=O) groups excluding carboxylic acids is 1. The number of nitrogens with one attached hydrogen (secondary N) is 1. The molecule has 2 heterocycles. The first-order valence-electron chi connectivity index (χ1n) is 4.98. The van der Waals surface area contributed by atoms with Crippen molar-refractivity contribution in [3.8, 4) is 0 Å². The maximum Gasteiger partial charge on any atom is 0.257 e. The molecule has 92 valence electrons. The number of anilines is 1. The summed E-state index contributed by atoms with van der Waals surface area (Å²) in [5.74, 6) is -0.334. The molecule has 2 rings (SSSR count). The van der Waals surface area contributed by atoms with Gasteiger partial charge >= 0.3 is 0 Å². The van der Waals surface area contributed by atoms with E-state index in [0.29, 0.717) is 11.3 Å². The van der Waals surface area contributed by atoms with Gasteiger partial charge in [0, 0.05) is 0 Å². The summed E-state index contributed by atoms with van der Waals surface area (Å²) >= 11 is 11.7. The lowest BCUT2D eigenvalue weighted by Crippen LogP contribution is -2.14. The molecule has 2 aromatic heterocycles. The number of amides is 1. The van der Waals surface area contributed by atoms with Crippen LogP contribution >= 0.6 is 23.2 Å². The summed E-state index contributed by atoms with van der Waals surface area (Å²) in [6.45, 7) is 1.78. The van der Waals surface area contributed by atoms with Crippen LogP contribution in [0.25, 0.3) is 0 Å². The highest BCUT2D eigenvalue weighted by atomic mass is 35.5. The van der Waals surface area contributed by atoms with Gasteiger partial charge in [0.15, 0.2) is 5.15 Å². The van der Waals surface area contributed by atoms with E-state index in [2.05, 4.69) is 20.5 Å². The normalized spacial score (nSPS) is 10.2. The van der Waals surface area contributed by atoms with Crippen molar-refractivity contribution in [1.29, 1.82) is 0 Å². The molecule has 0 bridgehead atoms. The van der Waals surface area contributed by atoms with Crippen LogP contribution in [-0.2, 0) is 0 Å². The quantitative estimate of drug-likeness (QED) is 0.860. The summed E-state index contributed by atoms with van der Waals surface area (Å²) in [6, 6.07) is 3.17. The van der Waals surface area contributed by atoms with Crippen molar-refractivity contribution in [2.75, 3.05) is 5.32 Å². The standard InChI is InChI=1S/C11H8Cl2N4O/c1-6-4-8(12)16-10(13)9(6)17-11(18)7-2-3-14-15-5-7/h2-5H,1H3,(H,17,18). The van der Waals surface area contributed by atoms with E-state index in [9.17, 15) is 4.79 Å². The number of rotatable bonds is 2. The predicted octanol–water partition coefficient (Wildman–Crippen LogP) is 2.74. The molecule has 0 aliphatic heterocycles. The van der Waals surface area contributed by atoms with E-state index in [0.717, 1.165) is 5.56 Å². The molecule has 0 saturated carbocycles. The molecular weight excluding hydrogens is 275 g/mol. The molecule has 0 spiro atoms. The monoisotopic (exact) mass is 282 g/mol. The summed E-state index contributed by atoms with van der Waals surface area (Å²) in [5, 5.41) is 10.3. The zero-order chi connectivity index (χ0) is 13.1. The third-order valence-electron chi connectivity index (χ3n) is 2.23. The van der Waals surface area contributed by atoms with Gasteiger partial charge < -0.3 is 5.32 Å². The second kappa shape index (κ2) is 5.29. The Morgan fingerprint density at radius 2 is 2.11 bits per heavy atom. The molecular formula is C11H8Cl2N4O. The van der Waals surface area contributed by atoms with Crippen LogP contribution in [0.5, 0.6) is 0 Å². The Labute approximate surface area is 113 Å². The van der Waals surface area contributed by atoms with Crippen LogP contribution in [0, 0.1) is 6.92 Å². The molecule has 0 aliphatic carbocycles. The van der Waals surface area contributed by atoms with Crippen LogP contribution in [0.1, 0.15) is 15.9 Å².